The molecule has 0 aliphatic rings. The Kier molecular flexibility index (Phi) is 2.53. The molecule has 0 aliphatic heterocycles. The van der Waals surface area contributed by atoms with Crippen molar-refractivity contribution in [3.8, 4) is 0 Å². The molecule has 0 spiro atoms. The van der Waals surface area contributed by atoms with Gasteiger partial charge in [-0.2, -0.15) is 4.39 Å². The molecule has 74 valence electrons. The standard InChI is InChI=1S/C12H13FO/c1-2-3-6-10-9-7-4-5-8-11(9)14-12(10)13/h4-5,7-8H,2-3,6H2,1H3. The van der Waals surface area contributed by atoms with Gasteiger partial charge in [-0.3, -0.25) is 0 Å². The van der Waals surface area contributed by atoms with Gasteiger partial charge in [0.1, 0.15) is 5.58 Å². The number of benzene rings is 1. The van der Waals surface area contributed by atoms with E-state index in [1.54, 1.807) is 6.07 Å². The second-order valence-corrected chi connectivity index (χ2v) is 3.45. The molecule has 0 amide bonds. The summed E-state index contributed by atoms with van der Waals surface area (Å²) in [5.74, 6) is 0. The molecule has 0 fully saturated rings. The molecule has 2 rings (SSSR count). The number of furan rings is 1. The first kappa shape index (κ1) is 9.25. The van der Waals surface area contributed by atoms with E-state index in [0.29, 0.717) is 5.58 Å². The molecule has 1 nitrogen and oxygen atoms in total. The summed E-state index contributed by atoms with van der Waals surface area (Å²) in [6.07, 6.45) is 2.83. The predicted molar refractivity (Wildman–Crippen MR) is 54.8 cm³/mol. The molecule has 2 heteroatoms. The number of para-hydroxylation sites is 1. The fourth-order valence-corrected chi connectivity index (χ4v) is 1.66. The van der Waals surface area contributed by atoms with Crippen molar-refractivity contribution in [2.45, 2.75) is 26.2 Å². The molecule has 0 saturated carbocycles. The fraction of sp³-hybridized carbons (Fsp3) is 0.333. The summed E-state index contributed by atoms with van der Waals surface area (Å²) in [4.78, 5) is 0. The molecule has 0 unspecified atom stereocenters. The van der Waals surface area contributed by atoms with Crippen LogP contribution in [0.5, 0.6) is 0 Å². The highest BCUT2D eigenvalue weighted by molar-refractivity contribution is 5.81. The molecular weight excluding hydrogens is 179 g/mol. The Labute approximate surface area is 82.5 Å². The minimum Gasteiger partial charge on any atom is -0.431 e. The van der Waals surface area contributed by atoms with Gasteiger partial charge in [0, 0.05) is 10.9 Å². The second kappa shape index (κ2) is 3.82. The molecule has 0 bridgehead atoms. The third kappa shape index (κ3) is 1.52. The van der Waals surface area contributed by atoms with Crippen LogP contribution in [0.4, 0.5) is 4.39 Å². The lowest BCUT2D eigenvalue weighted by atomic mass is 10.1. The van der Waals surface area contributed by atoms with E-state index in [-0.39, 0.29) is 0 Å². The van der Waals surface area contributed by atoms with Crippen molar-refractivity contribution < 1.29 is 8.81 Å². The SMILES string of the molecule is CCCCc1c(F)oc2ccccc12. The maximum absolute atomic E-state index is 13.4. The van der Waals surface area contributed by atoms with Gasteiger partial charge in [-0.15, -0.1) is 0 Å². The molecule has 0 radical (unpaired) electrons. The van der Waals surface area contributed by atoms with Gasteiger partial charge >= 0.3 is 0 Å². The average molecular weight is 192 g/mol. The van der Waals surface area contributed by atoms with E-state index < -0.39 is 6.01 Å². The monoisotopic (exact) mass is 192 g/mol. The number of halogens is 1. The number of aryl methyl sites for hydroxylation is 1. The van der Waals surface area contributed by atoms with Crippen LogP contribution in [0.15, 0.2) is 28.7 Å². The number of hydrogen-bond acceptors (Lipinski definition) is 1. The van der Waals surface area contributed by atoms with Crippen LogP contribution in [0.1, 0.15) is 25.3 Å². The van der Waals surface area contributed by atoms with Crippen LogP contribution in [0.2, 0.25) is 0 Å². The average Bonchev–Trinajstić information content (AvgIpc) is 2.51. The smallest absolute Gasteiger partial charge is 0.282 e. The zero-order chi connectivity index (χ0) is 9.97. The molecule has 0 atom stereocenters. The summed E-state index contributed by atoms with van der Waals surface area (Å²) in [5.41, 5.74) is 1.37. The topological polar surface area (TPSA) is 13.1 Å². The first-order valence-corrected chi connectivity index (χ1v) is 4.99. The quantitative estimate of drug-likeness (QED) is 0.718. The summed E-state index contributed by atoms with van der Waals surface area (Å²) in [5, 5.41) is 0.915. The highest BCUT2D eigenvalue weighted by Crippen LogP contribution is 2.25. The van der Waals surface area contributed by atoms with Crippen LogP contribution in [-0.4, -0.2) is 0 Å². The van der Waals surface area contributed by atoms with Crippen LogP contribution in [0, 0.1) is 6.01 Å². The van der Waals surface area contributed by atoms with Gasteiger partial charge < -0.3 is 4.42 Å². The van der Waals surface area contributed by atoms with Crippen LogP contribution in [0.25, 0.3) is 11.0 Å². The minimum atomic E-state index is -0.417. The van der Waals surface area contributed by atoms with Crippen molar-refractivity contribution in [3.05, 3.63) is 35.8 Å². The summed E-state index contributed by atoms with van der Waals surface area (Å²) < 4.78 is 18.4. The third-order valence-corrected chi connectivity index (χ3v) is 2.43. The van der Waals surface area contributed by atoms with Crippen LogP contribution in [0.3, 0.4) is 0 Å². The predicted octanol–water partition coefficient (Wildman–Crippen LogP) is 3.91. The fourth-order valence-electron chi connectivity index (χ4n) is 1.66. The number of fused-ring (bicyclic) bond motifs is 1. The zero-order valence-corrected chi connectivity index (χ0v) is 8.22. The lowest BCUT2D eigenvalue weighted by Gasteiger charge is -1.95. The van der Waals surface area contributed by atoms with E-state index in [0.717, 1.165) is 30.2 Å². The largest absolute Gasteiger partial charge is 0.431 e. The molecule has 0 N–H and O–H groups in total. The molecule has 14 heavy (non-hydrogen) atoms. The Morgan fingerprint density at radius 1 is 1.29 bits per heavy atom. The van der Waals surface area contributed by atoms with Crippen LogP contribution in [-0.2, 0) is 6.42 Å². The van der Waals surface area contributed by atoms with Crippen molar-refractivity contribution in [2.24, 2.45) is 0 Å². The summed E-state index contributed by atoms with van der Waals surface area (Å²) in [7, 11) is 0. The normalized spacial score (nSPS) is 11.0. The maximum Gasteiger partial charge on any atom is 0.282 e. The van der Waals surface area contributed by atoms with Gasteiger partial charge in [-0.25, -0.2) is 0 Å². The highest BCUT2D eigenvalue weighted by Gasteiger charge is 2.12. The first-order chi connectivity index (χ1) is 6.83. The van der Waals surface area contributed by atoms with Crippen molar-refractivity contribution in [2.75, 3.05) is 0 Å². The van der Waals surface area contributed by atoms with Crippen LogP contribution >= 0.6 is 0 Å². The lowest BCUT2D eigenvalue weighted by molar-refractivity contribution is 0.372. The summed E-state index contributed by atoms with van der Waals surface area (Å²) in [6, 6.07) is 7.06. The van der Waals surface area contributed by atoms with Gasteiger partial charge in [0.2, 0.25) is 0 Å². The highest BCUT2D eigenvalue weighted by atomic mass is 19.1. The van der Waals surface area contributed by atoms with E-state index in [1.165, 1.54) is 0 Å². The number of unbranched alkanes of at least 4 members (excludes halogenated alkanes) is 1. The van der Waals surface area contributed by atoms with Gasteiger partial charge in [0.15, 0.2) is 0 Å². The third-order valence-electron chi connectivity index (χ3n) is 2.43. The van der Waals surface area contributed by atoms with E-state index >= 15 is 0 Å². The molecular formula is C12H13FO. The van der Waals surface area contributed by atoms with Gasteiger partial charge in [-0.05, 0) is 18.9 Å². The minimum absolute atomic E-state index is 0.417. The van der Waals surface area contributed by atoms with Gasteiger partial charge in [0.05, 0.1) is 0 Å². The Morgan fingerprint density at radius 3 is 2.86 bits per heavy atom. The van der Waals surface area contributed by atoms with Crippen molar-refractivity contribution in [1.29, 1.82) is 0 Å². The lowest BCUT2D eigenvalue weighted by Crippen LogP contribution is -1.85. The Hall–Kier alpha value is -1.31. The molecule has 0 saturated heterocycles. The van der Waals surface area contributed by atoms with Crippen molar-refractivity contribution >= 4 is 11.0 Å². The maximum atomic E-state index is 13.4. The van der Waals surface area contributed by atoms with Crippen molar-refractivity contribution in [3.63, 3.8) is 0 Å². The molecule has 1 aromatic carbocycles. The van der Waals surface area contributed by atoms with E-state index in [9.17, 15) is 4.39 Å². The van der Waals surface area contributed by atoms with Crippen LogP contribution < -0.4 is 0 Å². The molecule has 1 aromatic heterocycles. The van der Waals surface area contributed by atoms with Gasteiger partial charge in [0.25, 0.3) is 6.01 Å². The Bertz CT molecular complexity index is 431. The second-order valence-electron chi connectivity index (χ2n) is 3.45. The van der Waals surface area contributed by atoms with Crippen molar-refractivity contribution in [1.82, 2.24) is 0 Å². The number of rotatable bonds is 3. The summed E-state index contributed by atoms with van der Waals surface area (Å²) >= 11 is 0. The van der Waals surface area contributed by atoms with E-state index in [2.05, 4.69) is 6.92 Å². The van der Waals surface area contributed by atoms with Gasteiger partial charge in [-0.1, -0.05) is 31.5 Å². The Balaban J connectivity index is 2.45. The molecule has 1 heterocycles. The van der Waals surface area contributed by atoms with E-state index in [4.69, 9.17) is 4.42 Å². The number of hydrogen-bond donors (Lipinski definition) is 0. The molecule has 0 aliphatic carbocycles. The first-order valence-electron chi connectivity index (χ1n) is 4.99. The summed E-state index contributed by atoms with van der Waals surface area (Å²) in [6.45, 7) is 2.10. The zero-order valence-electron chi connectivity index (χ0n) is 8.22. The molecule has 2 aromatic rings. The Morgan fingerprint density at radius 2 is 2.07 bits per heavy atom. The van der Waals surface area contributed by atoms with E-state index in [1.807, 2.05) is 18.2 Å².